The number of carboxylic acid groups (broad SMARTS) is 1. The lowest BCUT2D eigenvalue weighted by atomic mass is 9.78. The molecule has 0 saturated heterocycles. The van der Waals surface area contributed by atoms with Gasteiger partial charge in [-0.05, 0) is 17.9 Å². The average Bonchev–Trinajstić information content (AvgIpc) is 2.69. The molecule has 2 aliphatic rings. The van der Waals surface area contributed by atoms with E-state index in [-0.39, 0.29) is 11.2 Å². The summed E-state index contributed by atoms with van der Waals surface area (Å²) in [6, 6.07) is 0. The fraction of sp³-hybridized carbons (Fsp3) is 0.333. The Bertz CT molecular complexity index is 579. The summed E-state index contributed by atoms with van der Waals surface area (Å²) in [4.78, 5) is 10.9. The lowest BCUT2D eigenvalue weighted by molar-refractivity contribution is -0.135. The third kappa shape index (κ3) is 1.32. The van der Waals surface area contributed by atoms with Crippen LogP contribution >= 0.6 is 0 Å². The first-order valence-electron chi connectivity index (χ1n) is 5.40. The molecule has 1 N–H and O–H groups in total. The number of ether oxygens (including phenoxy) is 1. The predicted molar refractivity (Wildman–Crippen MR) is 60.8 cm³/mol. The molecule has 0 radical (unpaired) electrons. The van der Waals surface area contributed by atoms with Gasteiger partial charge in [-0.1, -0.05) is 13.8 Å². The topological polar surface area (TPSA) is 64.3 Å². The highest BCUT2D eigenvalue weighted by atomic mass is 16.5. The Morgan fingerprint density at radius 1 is 1.59 bits per heavy atom. The first-order chi connectivity index (χ1) is 7.99. The molecule has 0 spiro atoms. The molecular formula is C12H12N2O3. The Hall–Kier alpha value is -2.04. The summed E-state index contributed by atoms with van der Waals surface area (Å²) in [5.74, 6) is -0.590. The maximum absolute atomic E-state index is 10.9. The zero-order chi connectivity index (χ0) is 12.2. The number of allylic oxidation sites excluding steroid dienone is 1. The molecule has 0 amide bonds. The normalized spacial score (nSPS) is 19.9. The van der Waals surface area contributed by atoms with E-state index in [1.165, 1.54) is 6.20 Å². The van der Waals surface area contributed by atoms with Crippen molar-refractivity contribution < 1.29 is 14.6 Å². The van der Waals surface area contributed by atoms with E-state index in [0.29, 0.717) is 5.76 Å². The van der Waals surface area contributed by atoms with Crippen LogP contribution in [0, 0.1) is 0 Å². The van der Waals surface area contributed by atoms with Crippen LogP contribution in [0.3, 0.4) is 0 Å². The second-order valence-corrected chi connectivity index (χ2v) is 4.91. The Kier molecular flexibility index (Phi) is 1.79. The standard InChI is InChI=1S/C12H12N2O3/c1-12(2)4-3-8-10-7(12)5-13-14(10)6-9(17-8)11(15)16/h3,5-6H,4H2,1-2H3,(H,15,16). The van der Waals surface area contributed by atoms with E-state index in [1.807, 2.05) is 6.08 Å². The van der Waals surface area contributed by atoms with Crippen LogP contribution in [0.2, 0.25) is 0 Å². The molecule has 2 heterocycles. The van der Waals surface area contributed by atoms with Crippen molar-refractivity contribution in [3.8, 4) is 0 Å². The molecule has 17 heavy (non-hydrogen) atoms. The molecule has 0 aromatic carbocycles. The molecule has 5 nitrogen and oxygen atoms in total. The van der Waals surface area contributed by atoms with Crippen LogP contribution in [0.5, 0.6) is 0 Å². The SMILES string of the molecule is CC1(C)CC=C2OC(C(=O)O)=Cn3ncc1c32. The number of rotatable bonds is 1. The number of aromatic nitrogens is 2. The molecule has 1 aliphatic carbocycles. The number of aliphatic carboxylic acids is 1. The minimum Gasteiger partial charge on any atom is -0.475 e. The van der Waals surface area contributed by atoms with Crippen molar-refractivity contribution in [2.24, 2.45) is 0 Å². The highest BCUT2D eigenvalue weighted by Crippen LogP contribution is 2.41. The third-order valence-electron chi connectivity index (χ3n) is 3.23. The monoisotopic (exact) mass is 232 g/mol. The quantitative estimate of drug-likeness (QED) is 0.802. The van der Waals surface area contributed by atoms with E-state index in [9.17, 15) is 4.79 Å². The van der Waals surface area contributed by atoms with E-state index in [1.54, 1.807) is 10.9 Å². The number of nitrogens with zero attached hydrogens (tertiary/aromatic N) is 2. The van der Waals surface area contributed by atoms with Gasteiger partial charge >= 0.3 is 5.97 Å². The van der Waals surface area contributed by atoms with Gasteiger partial charge in [-0.2, -0.15) is 5.10 Å². The maximum Gasteiger partial charge on any atom is 0.373 e. The highest BCUT2D eigenvalue weighted by molar-refractivity contribution is 5.90. The van der Waals surface area contributed by atoms with Crippen molar-refractivity contribution >= 4 is 17.9 Å². The Balaban J connectivity index is 2.22. The van der Waals surface area contributed by atoms with E-state index in [0.717, 1.165) is 17.7 Å². The highest BCUT2D eigenvalue weighted by Gasteiger charge is 2.35. The number of carboxylic acids is 1. The van der Waals surface area contributed by atoms with E-state index in [2.05, 4.69) is 18.9 Å². The summed E-state index contributed by atoms with van der Waals surface area (Å²) in [5.41, 5.74) is 1.97. The number of carbonyl (C=O) groups is 1. The van der Waals surface area contributed by atoms with Gasteiger partial charge in [-0.15, -0.1) is 0 Å². The van der Waals surface area contributed by atoms with Crippen molar-refractivity contribution in [1.82, 2.24) is 9.78 Å². The summed E-state index contributed by atoms with van der Waals surface area (Å²) in [7, 11) is 0. The van der Waals surface area contributed by atoms with E-state index >= 15 is 0 Å². The predicted octanol–water partition coefficient (Wildman–Crippen LogP) is 1.82. The largest absolute Gasteiger partial charge is 0.475 e. The first-order valence-corrected chi connectivity index (χ1v) is 5.40. The van der Waals surface area contributed by atoms with Gasteiger partial charge in [0.25, 0.3) is 0 Å². The van der Waals surface area contributed by atoms with Crippen LogP contribution < -0.4 is 0 Å². The smallest absolute Gasteiger partial charge is 0.373 e. The molecule has 3 rings (SSSR count). The van der Waals surface area contributed by atoms with Crippen molar-refractivity contribution in [2.75, 3.05) is 0 Å². The van der Waals surface area contributed by atoms with Crippen LogP contribution in [0.15, 0.2) is 18.0 Å². The summed E-state index contributed by atoms with van der Waals surface area (Å²) in [6.45, 7) is 4.27. The Morgan fingerprint density at radius 3 is 3.06 bits per heavy atom. The van der Waals surface area contributed by atoms with Crippen LogP contribution in [0.4, 0.5) is 0 Å². The molecule has 1 aromatic rings. The minimum absolute atomic E-state index is 0.00894. The molecule has 0 saturated carbocycles. The van der Waals surface area contributed by atoms with Crippen LogP contribution in [0.25, 0.3) is 12.0 Å². The lowest BCUT2D eigenvalue weighted by Crippen LogP contribution is -2.24. The molecule has 88 valence electrons. The van der Waals surface area contributed by atoms with Gasteiger partial charge in [0.2, 0.25) is 5.76 Å². The second kappa shape index (κ2) is 3.00. The molecule has 0 bridgehead atoms. The zero-order valence-electron chi connectivity index (χ0n) is 9.60. The van der Waals surface area contributed by atoms with Crippen LogP contribution in [-0.4, -0.2) is 20.9 Å². The average molecular weight is 232 g/mol. The number of hydrogen-bond donors (Lipinski definition) is 1. The molecule has 0 unspecified atom stereocenters. The van der Waals surface area contributed by atoms with E-state index < -0.39 is 5.97 Å². The molecule has 1 aromatic heterocycles. The van der Waals surface area contributed by atoms with Gasteiger partial charge in [0.1, 0.15) is 11.5 Å². The minimum atomic E-state index is -1.08. The Morgan fingerprint density at radius 2 is 2.35 bits per heavy atom. The summed E-state index contributed by atoms with van der Waals surface area (Å²) in [6.07, 6.45) is 5.93. The van der Waals surface area contributed by atoms with E-state index in [4.69, 9.17) is 9.84 Å². The van der Waals surface area contributed by atoms with Crippen molar-refractivity contribution in [2.45, 2.75) is 25.7 Å². The van der Waals surface area contributed by atoms with Gasteiger partial charge in [0, 0.05) is 5.56 Å². The lowest BCUT2D eigenvalue weighted by Gasteiger charge is -2.30. The van der Waals surface area contributed by atoms with Crippen molar-refractivity contribution in [3.05, 3.63) is 29.3 Å². The third-order valence-corrected chi connectivity index (χ3v) is 3.23. The van der Waals surface area contributed by atoms with Gasteiger partial charge in [0.05, 0.1) is 12.4 Å². The van der Waals surface area contributed by atoms with Gasteiger partial charge < -0.3 is 9.84 Å². The van der Waals surface area contributed by atoms with Gasteiger partial charge in [-0.25, -0.2) is 9.48 Å². The molecular weight excluding hydrogens is 220 g/mol. The van der Waals surface area contributed by atoms with Gasteiger partial charge in [0.15, 0.2) is 0 Å². The summed E-state index contributed by atoms with van der Waals surface area (Å²) >= 11 is 0. The Labute approximate surface area is 98.0 Å². The van der Waals surface area contributed by atoms with Crippen molar-refractivity contribution in [3.63, 3.8) is 0 Å². The molecule has 0 fully saturated rings. The van der Waals surface area contributed by atoms with Crippen LogP contribution in [0.1, 0.15) is 31.5 Å². The molecule has 5 heteroatoms. The first kappa shape index (κ1) is 10.1. The zero-order valence-corrected chi connectivity index (χ0v) is 9.60. The maximum atomic E-state index is 10.9. The number of hydrogen-bond acceptors (Lipinski definition) is 3. The van der Waals surface area contributed by atoms with Crippen LogP contribution in [-0.2, 0) is 14.9 Å². The fourth-order valence-corrected chi connectivity index (χ4v) is 2.20. The van der Waals surface area contributed by atoms with Crippen molar-refractivity contribution in [1.29, 1.82) is 0 Å². The summed E-state index contributed by atoms with van der Waals surface area (Å²) < 4.78 is 6.95. The summed E-state index contributed by atoms with van der Waals surface area (Å²) in [5, 5.41) is 13.1. The second-order valence-electron chi connectivity index (χ2n) is 4.91. The fourth-order valence-electron chi connectivity index (χ4n) is 2.20. The van der Waals surface area contributed by atoms with Gasteiger partial charge in [-0.3, -0.25) is 0 Å². The molecule has 0 atom stereocenters. The molecule has 1 aliphatic heterocycles.